The predicted molar refractivity (Wildman–Crippen MR) is 75.9 cm³/mol. The summed E-state index contributed by atoms with van der Waals surface area (Å²) in [5.41, 5.74) is 1.48. The molecule has 0 N–H and O–H groups in total. The maximum Gasteiger partial charge on any atom is 0.137 e. The Morgan fingerprint density at radius 2 is 1.22 bits per heavy atom. The van der Waals surface area contributed by atoms with Crippen LogP contribution in [0, 0.1) is 11.6 Å². The number of halogens is 5. The predicted octanol–water partition coefficient (Wildman–Crippen LogP) is 5.82. The fourth-order valence-electron chi connectivity index (χ4n) is 1.53. The molecule has 0 aliphatic heterocycles. The Balaban J connectivity index is 2.37. The average molecular weight is 396 g/mol. The van der Waals surface area contributed by atoms with E-state index in [1.165, 1.54) is 12.1 Å². The van der Waals surface area contributed by atoms with Gasteiger partial charge in [-0.1, -0.05) is 12.1 Å². The minimum Gasteiger partial charge on any atom is -0.206 e. The molecule has 0 nitrogen and oxygen atoms in total. The molecule has 94 valence electrons. The minimum atomic E-state index is -0.459. The summed E-state index contributed by atoms with van der Waals surface area (Å²) in [6.07, 6.45) is 0. The highest BCUT2D eigenvalue weighted by Crippen LogP contribution is 2.33. The SMILES string of the molecule is Fc1ccc(C(Cl)c2ccc(F)c(Br)c2)cc1Br. The summed E-state index contributed by atoms with van der Waals surface area (Å²) in [5.74, 6) is -0.689. The van der Waals surface area contributed by atoms with Crippen molar-refractivity contribution < 1.29 is 8.78 Å². The summed E-state index contributed by atoms with van der Waals surface area (Å²) < 4.78 is 27.0. The van der Waals surface area contributed by atoms with Gasteiger partial charge in [-0.05, 0) is 67.3 Å². The lowest BCUT2D eigenvalue weighted by Gasteiger charge is -2.11. The molecule has 0 amide bonds. The van der Waals surface area contributed by atoms with Crippen LogP contribution in [0.25, 0.3) is 0 Å². The molecule has 0 spiro atoms. The minimum absolute atomic E-state index is 0.345. The number of benzene rings is 2. The van der Waals surface area contributed by atoms with Gasteiger partial charge in [-0.2, -0.15) is 0 Å². The van der Waals surface area contributed by atoms with Gasteiger partial charge in [-0.25, -0.2) is 8.78 Å². The van der Waals surface area contributed by atoms with Gasteiger partial charge in [0, 0.05) is 0 Å². The molecule has 0 unspecified atom stereocenters. The smallest absolute Gasteiger partial charge is 0.137 e. The van der Waals surface area contributed by atoms with E-state index in [-0.39, 0.29) is 11.6 Å². The van der Waals surface area contributed by atoms with E-state index < -0.39 is 5.38 Å². The van der Waals surface area contributed by atoms with Gasteiger partial charge in [-0.3, -0.25) is 0 Å². The van der Waals surface area contributed by atoms with Crippen molar-refractivity contribution in [3.05, 3.63) is 68.1 Å². The number of alkyl halides is 1. The second-order valence-electron chi connectivity index (χ2n) is 3.71. The molecule has 0 radical (unpaired) electrons. The van der Waals surface area contributed by atoms with Crippen molar-refractivity contribution in [2.45, 2.75) is 5.38 Å². The molecule has 0 aliphatic rings. The van der Waals surface area contributed by atoms with Crippen molar-refractivity contribution in [3.8, 4) is 0 Å². The Bertz CT molecular complexity index is 536. The van der Waals surface area contributed by atoms with Crippen LogP contribution in [-0.4, -0.2) is 0 Å². The quantitative estimate of drug-likeness (QED) is 0.561. The zero-order valence-corrected chi connectivity index (χ0v) is 12.9. The van der Waals surface area contributed by atoms with Crippen molar-refractivity contribution in [3.63, 3.8) is 0 Å². The first-order valence-corrected chi connectivity index (χ1v) is 7.05. The van der Waals surface area contributed by atoms with E-state index in [0.29, 0.717) is 8.95 Å². The monoisotopic (exact) mass is 394 g/mol. The van der Waals surface area contributed by atoms with Crippen LogP contribution in [-0.2, 0) is 0 Å². The molecule has 2 aromatic rings. The fourth-order valence-corrected chi connectivity index (χ4v) is 2.60. The van der Waals surface area contributed by atoms with E-state index in [4.69, 9.17) is 11.6 Å². The van der Waals surface area contributed by atoms with E-state index in [2.05, 4.69) is 31.9 Å². The van der Waals surface area contributed by atoms with Crippen LogP contribution in [0.2, 0.25) is 0 Å². The lowest BCUT2D eigenvalue weighted by atomic mass is 10.0. The molecule has 0 aromatic heterocycles. The van der Waals surface area contributed by atoms with Gasteiger partial charge in [0.2, 0.25) is 0 Å². The molecule has 2 rings (SSSR count). The van der Waals surface area contributed by atoms with Gasteiger partial charge in [0.05, 0.1) is 14.3 Å². The molecule has 5 heteroatoms. The Morgan fingerprint density at radius 1 is 0.833 bits per heavy atom. The Kier molecular flexibility index (Phi) is 4.41. The van der Waals surface area contributed by atoms with Gasteiger partial charge < -0.3 is 0 Å². The van der Waals surface area contributed by atoms with Crippen molar-refractivity contribution in [2.24, 2.45) is 0 Å². The summed E-state index contributed by atoms with van der Waals surface area (Å²) in [6, 6.07) is 9.12. The first kappa shape index (κ1) is 14.0. The fraction of sp³-hybridized carbons (Fsp3) is 0.0769. The standard InChI is InChI=1S/C13H7Br2ClF2/c14-9-5-7(1-3-11(9)17)13(16)8-2-4-12(18)10(15)6-8/h1-6,13H. The van der Waals surface area contributed by atoms with Crippen LogP contribution in [0.3, 0.4) is 0 Å². The van der Waals surface area contributed by atoms with E-state index in [1.807, 2.05) is 0 Å². The van der Waals surface area contributed by atoms with Gasteiger partial charge in [0.15, 0.2) is 0 Å². The molecular weight excluding hydrogens is 389 g/mol. The number of rotatable bonds is 2. The second-order valence-corrected chi connectivity index (χ2v) is 5.85. The molecular formula is C13H7Br2ClF2. The number of hydrogen-bond donors (Lipinski definition) is 0. The maximum atomic E-state index is 13.1. The van der Waals surface area contributed by atoms with Gasteiger partial charge in [-0.15, -0.1) is 11.6 Å². The molecule has 18 heavy (non-hydrogen) atoms. The molecule has 0 atom stereocenters. The van der Waals surface area contributed by atoms with Crippen molar-refractivity contribution in [2.75, 3.05) is 0 Å². The molecule has 0 aliphatic carbocycles. The molecule has 0 fully saturated rings. The zero-order valence-electron chi connectivity index (χ0n) is 8.93. The molecule has 0 saturated carbocycles. The Morgan fingerprint density at radius 3 is 1.56 bits per heavy atom. The van der Waals surface area contributed by atoms with Gasteiger partial charge in [0.1, 0.15) is 11.6 Å². The van der Waals surface area contributed by atoms with E-state index in [9.17, 15) is 8.78 Å². The van der Waals surface area contributed by atoms with Crippen LogP contribution in [0.15, 0.2) is 45.3 Å². The third-order valence-electron chi connectivity index (χ3n) is 2.47. The highest BCUT2D eigenvalue weighted by atomic mass is 79.9. The molecule has 0 heterocycles. The summed E-state index contributed by atoms with van der Waals surface area (Å²) in [4.78, 5) is 0. The first-order chi connectivity index (χ1) is 8.49. The maximum absolute atomic E-state index is 13.1. The van der Waals surface area contributed by atoms with Crippen molar-refractivity contribution in [1.82, 2.24) is 0 Å². The van der Waals surface area contributed by atoms with E-state index >= 15 is 0 Å². The zero-order chi connectivity index (χ0) is 13.3. The molecule has 0 saturated heterocycles. The van der Waals surface area contributed by atoms with Crippen LogP contribution in [0.5, 0.6) is 0 Å². The average Bonchev–Trinajstić information content (AvgIpc) is 2.35. The Hall–Kier alpha value is -0.450. The molecule has 2 aromatic carbocycles. The van der Waals surface area contributed by atoms with E-state index in [0.717, 1.165) is 11.1 Å². The Labute approximate surface area is 125 Å². The third kappa shape index (κ3) is 2.92. The highest BCUT2D eigenvalue weighted by molar-refractivity contribution is 9.10. The topological polar surface area (TPSA) is 0 Å². The van der Waals surface area contributed by atoms with Crippen LogP contribution in [0.1, 0.15) is 16.5 Å². The van der Waals surface area contributed by atoms with Crippen LogP contribution < -0.4 is 0 Å². The number of hydrogen-bond acceptors (Lipinski definition) is 0. The summed E-state index contributed by atoms with van der Waals surface area (Å²) in [5, 5.41) is -0.459. The second kappa shape index (κ2) is 5.68. The summed E-state index contributed by atoms with van der Waals surface area (Å²) in [6.45, 7) is 0. The van der Waals surface area contributed by atoms with Gasteiger partial charge >= 0.3 is 0 Å². The summed E-state index contributed by atoms with van der Waals surface area (Å²) in [7, 11) is 0. The van der Waals surface area contributed by atoms with E-state index in [1.54, 1.807) is 24.3 Å². The van der Waals surface area contributed by atoms with Crippen LogP contribution >= 0.6 is 43.5 Å². The largest absolute Gasteiger partial charge is 0.206 e. The first-order valence-electron chi connectivity index (χ1n) is 5.03. The van der Waals surface area contributed by atoms with Crippen molar-refractivity contribution in [1.29, 1.82) is 0 Å². The molecule has 0 bridgehead atoms. The lowest BCUT2D eigenvalue weighted by Crippen LogP contribution is -1.95. The van der Waals surface area contributed by atoms with Crippen molar-refractivity contribution >= 4 is 43.5 Å². The normalized spacial score (nSPS) is 11.0. The van der Waals surface area contributed by atoms with Crippen LogP contribution in [0.4, 0.5) is 8.78 Å². The lowest BCUT2D eigenvalue weighted by molar-refractivity contribution is 0.619. The highest BCUT2D eigenvalue weighted by Gasteiger charge is 2.14. The van der Waals surface area contributed by atoms with Gasteiger partial charge in [0.25, 0.3) is 0 Å². The summed E-state index contributed by atoms with van der Waals surface area (Å²) >= 11 is 12.5. The third-order valence-corrected chi connectivity index (χ3v) is 4.19.